The number of rotatable bonds is 11. The molecule has 13 nitrogen and oxygen atoms in total. The molecule has 6 aliphatic rings. The highest BCUT2D eigenvalue weighted by Gasteiger charge is 2.61. The van der Waals surface area contributed by atoms with Crippen LogP contribution in [-0.4, -0.2) is 86.1 Å². The third kappa shape index (κ3) is 8.06. The molecule has 1 N–H and O–H groups in total. The van der Waals surface area contributed by atoms with Crippen LogP contribution in [0.3, 0.4) is 0 Å². The molecule has 1 aromatic heterocycles. The number of benzene rings is 1. The molecular formula is C44H57N3O10S. The second-order valence-corrected chi connectivity index (χ2v) is 20.5. The standard InChI is InChI=1S/C44H57N3O10S/c1-6-27-21-44(27,42(51)46-58(52,53)29-12-13-29)22-36(48)35-15-28-23-47(35)41(50)31(25-10-8-9-11-25)17-40(49)56-24-43(3,4)20-26-14-30(26)32-16-33-34(18-37(32)54-5)45-39(55-7-2)19-38(33)57-28/h6,16,18-19,25-31,35H,1,7-15,17,20-24H2,2-5H3,(H,46,51)/t26-,27+,28+,30+,31-,35-,44+/m0/s1. The second-order valence-electron chi connectivity index (χ2n) is 18.5. The monoisotopic (exact) mass is 819 g/mol. The third-order valence-electron chi connectivity index (χ3n) is 13.6. The molecule has 3 heterocycles. The Balaban J connectivity index is 1.17. The summed E-state index contributed by atoms with van der Waals surface area (Å²) in [5.74, 6) is -0.763. The third-order valence-corrected chi connectivity index (χ3v) is 15.4. The predicted octanol–water partition coefficient (Wildman–Crippen LogP) is 6.02. The largest absolute Gasteiger partial charge is 0.496 e. The highest BCUT2D eigenvalue weighted by Crippen LogP contribution is 2.58. The summed E-state index contributed by atoms with van der Waals surface area (Å²) in [4.78, 5) is 63.4. The number of Topliss-reactive ketones (excluding diaryl/α,β-unsaturated/α-hetero) is 1. The van der Waals surface area contributed by atoms with Crippen molar-refractivity contribution in [2.24, 2.45) is 34.5 Å². The van der Waals surface area contributed by atoms with E-state index in [2.05, 4.69) is 31.2 Å². The Morgan fingerprint density at radius 2 is 1.81 bits per heavy atom. The summed E-state index contributed by atoms with van der Waals surface area (Å²) < 4.78 is 52.5. The number of esters is 1. The molecule has 1 saturated heterocycles. The number of ketones is 1. The minimum absolute atomic E-state index is 0.0498. The highest BCUT2D eigenvalue weighted by atomic mass is 32.2. The first-order valence-electron chi connectivity index (χ1n) is 21.1. The molecule has 0 unspecified atom stereocenters. The zero-order valence-electron chi connectivity index (χ0n) is 34.1. The Labute approximate surface area is 341 Å². The van der Waals surface area contributed by atoms with Crippen LogP contribution in [0.2, 0.25) is 0 Å². The van der Waals surface area contributed by atoms with Crippen LogP contribution in [-0.2, 0) is 33.9 Å². The van der Waals surface area contributed by atoms with Gasteiger partial charge >= 0.3 is 5.97 Å². The highest BCUT2D eigenvalue weighted by molar-refractivity contribution is 7.90. The molecule has 4 aliphatic carbocycles. The number of allylic oxidation sites excluding steroid dienone is 1. The Hall–Kier alpha value is -4.20. The number of ether oxygens (including phenoxy) is 4. The van der Waals surface area contributed by atoms with Crippen LogP contribution < -0.4 is 18.9 Å². The van der Waals surface area contributed by atoms with E-state index in [9.17, 15) is 27.6 Å². The van der Waals surface area contributed by atoms with Gasteiger partial charge in [-0.1, -0.05) is 32.8 Å². The second kappa shape index (κ2) is 15.4. The lowest BCUT2D eigenvalue weighted by Crippen LogP contribution is -2.47. The van der Waals surface area contributed by atoms with E-state index in [1.54, 1.807) is 24.2 Å². The van der Waals surface area contributed by atoms with Gasteiger partial charge in [0.15, 0.2) is 5.78 Å². The average molecular weight is 820 g/mol. The molecule has 14 heteroatoms. The lowest BCUT2D eigenvalue weighted by atomic mass is 9.85. The summed E-state index contributed by atoms with van der Waals surface area (Å²) in [7, 11) is -2.21. The Bertz CT molecular complexity index is 2110. The first kappa shape index (κ1) is 40.6. The van der Waals surface area contributed by atoms with Gasteiger partial charge in [-0.25, -0.2) is 13.4 Å². The maximum Gasteiger partial charge on any atom is 0.306 e. The van der Waals surface area contributed by atoms with Gasteiger partial charge in [0.25, 0.3) is 0 Å². The van der Waals surface area contributed by atoms with Crippen molar-refractivity contribution in [3.63, 3.8) is 0 Å². The molecule has 2 aliphatic heterocycles. The van der Waals surface area contributed by atoms with Gasteiger partial charge in [-0.2, -0.15) is 0 Å². The summed E-state index contributed by atoms with van der Waals surface area (Å²) in [6.07, 6.45) is 7.26. The number of hydrogen-bond donors (Lipinski definition) is 1. The van der Waals surface area contributed by atoms with Crippen LogP contribution in [0.4, 0.5) is 0 Å². The van der Waals surface area contributed by atoms with Crippen LogP contribution in [0, 0.1) is 34.5 Å². The van der Waals surface area contributed by atoms with E-state index in [1.165, 1.54) is 0 Å². The zero-order chi connectivity index (χ0) is 41.1. The molecule has 7 atom stereocenters. The first-order valence-corrected chi connectivity index (χ1v) is 22.7. The number of hydrogen-bond acceptors (Lipinski definition) is 11. The van der Waals surface area contributed by atoms with Crippen molar-refractivity contribution < 1.29 is 46.5 Å². The predicted molar refractivity (Wildman–Crippen MR) is 215 cm³/mol. The maximum absolute atomic E-state index is 15.0. The van der Waals surface area contributed by atoms with Crippen LogP contribution in [0.15, 0.2) is 30.9 Å². The molecular weight excluding hydrogens is 763 g/mol. The number of aromatic nitrogens is 1. The van der Waals surface area contributed by atoms with E-state index < -0.39 is 56.5 Å². The smallest absolute Gasteiger partial charge is 0.306 e. The number of amides is 2. The number of fused-ring (bicyclic) bond motifs is 5. The zero-order valence-corrected chi connectivity index (χ0v) is 34.9. The van der Waals surface area contributed by atoms with Crippen molar-refractivity contribution in [3.8, 4) is 17.4 Å². The van der Waals surface area contributed by atoms with Crippen molar-refractivity contribution in [1.29, 1.82) is 0 Å². The fourth-order valence-corrected chi connectivity index (χ4v) is 11.5. The Morgan fingerprint density at radius 3 is 2.48 bits per heavy atom. The fraction of sp³-hybridized carbons (Fsp3) is 0.659. The minimum atomic E-state index is -3.86. The van der Waals surface area contributed by atoms with Gasteiger partial charge in [-0.15, -0.1) is 6.58 Å². The van der Waals surface area contributed by atoms with Crippen LogP contribution in [0.25, 0.3) is 10.9 Å². The number of pyridine rings is 1. The molecule has 58 heavy (non-hydrogen) atoms. The van der Waals surface area contributed by atoms with E-state index in [0.29, 0.717) is 48.3 Å². The first-order chi connectivity index (χ1) is 27.6. The SMILES string of the molecule is C=C[C@@H]1C[C@]1(CC(=O)[C@@H]1C[C@@H]2CN1C(=O)[C@H](C1CCCC1)CC(=O)OCC(C)(C)C[C@@H]1C[C@H]1c1cc3c(cc(OCC)nc3cc1OC)O2)C(=O)NS(=O)(=O)C1CC1. The number of nitrogens with one attached hydrogen (secondary N) is 1. The van der Waals surface area contributed by atoms with E-state index in [-0.39, 0.29) is 67.8 Å². The van der Waals surface area contributed by atoms with Crippen LogP contribution in [0.5, 0.6) is 17.4 Å². The Morgan fingerprint density at radius 1 is 1.05 bits per heavy atom. The van der Waals surface area contributed by atoms with Crippen molar-refractivity contribution in [1.82, 2.24) is 14.6 Å². The molecule has 1 aromatic carbocycles. The lowest BCUT2D eigenvalue weighted by molar-refractivity contribution is -0.153. The van der Waals surface area contributed by atoms with Crippen molar-refractivity contribution in [2.45, 2.75) is 121 Å². The van der Waals surface area contributed by atoms with E-state index >= 15 is 0 Å². The van der Waals surface area contributed by atoms with Gasteiger partial charge in [-0.05, 0) is 92.6 Å². The molecule has 314 valence electrons. The van der Waals surface area contributed by atoms with Gasteiger partial charge in [0.2, 0.25) is 27.7 Å². The van der Waals surface area contributed by atoms with Gasteiger partial charge in [0.1, 0.15) is 17.6 Å². The number of carbonyl (C=O) groups excluding carboxylic acids is 4. The van der Waals surface area contributed by atoms with Gasteiger partial charge in [0, 0.05) is 30.4 Å². The molecule has 2 amide bonds. The molecule has 8 rings (SSSR count). The normalized spacial score (nSPS) is 31.1. The topological polar surface area (TPSA) is 168 Å². The average Bonchev–Trinajstić information content (AvgIpc) is 4.15. The Kier molecular flexibility index (Phi) is 10.8. The molecule has 4 saturated carbocycles. The summed E-state index contributed by atoms with van der Waals surface area (Å²) in [6, 6.07) is 4.76. The number of sulfonamides is 1. The number of nitrogens with zero attached hydrogens (tertiary/aromatic N) is 2. The molecule has 0 spiro atoms. The van der Waals surface area contributed by atoms with E-state index in [1.807, 2.05) is 13.0 Å². The minimum Gasteiger partial charge on any atom is -0.496 e. The fourth-order valence-electron chi connectivity index (χ4n) is 10.1. The van der Waals surface area contributed by atoms with Crippen molar-refractivity contribution >= 4 is 44.5 Å². The molecule has 0 radical (unpaired) electrons. The van der Waals surface area contributed by atoms with Crippen molar-refractivity contribution in [3.05, 3.63) is 36.4 Å². The van der Waals surface area contributed by atoms with Gasteiger partial charge < -0.3 is 23.8 Å². The summed E-state index contributed by atoms with van der Waals surface area (Å²) >= 11 is 0. The van der Waals surface area contributed by atoms with E-state index in [0.717, 1.165) is 49.5 Å². The number of cyclic esters (lactones) is 1. The summed E-state index contributed by atoms with van der Waals surface area (Å²) in [5.41, 5.74) is 0.0602. The number of methoxy groups -OCH3 is 1. The molecule has 4 bridgehead atoms. The van der Waals surface area contributed by atoms with Crippen LogP contribution >= 0.6 is 0 Å². The van der Waals surface area contributed by atoms with E-state index in [4.69, 9.17) is 23.9 Å². The lowest BCUT2D eigenvalue weighted by Gasteiger charge is -2.31. The quantitative estimate of drug-likeness (QED) is 0.208. The van der Waals surface area contributed by atoms with Crippen LogP contribution in [0.1, 0.15) is 109 Å². The van der Waals surface area contributed by atoms with Gasteiger partial charge in [-0.3, -0.25) is 23.9 Å². The summed E-state index contributed by atoms with van der Waals surface area (Å²) in [6.45, 7) is 10.6. The molecule has 2 aromatic rings. The molecule has 5 fully saturated rings. The number of carbonyl (C=O) groups is 4. The van der Waals surface area contributed by atoms with Gasteiger partial charge in [0.05, 0.1) is 61.4 Å². The maximum atomic E-state index is 15.0. The van der Waals surface area contributed by atoms with Crippen molar-refractivity contribution in [2.75, 3.05) is 26.9 Å². The summed E-state index contributed by atoms with van der Waals surface area (Å²) in [5, 5.41) is 0.153.